The van der Waals surface area contributed by atoms with Gasteiger partial charge < -0.3 is 5.73 Å². The molecular formula is C14H19N3. The van der Waals surface area contributed by atoms with E-state index in [1.807, 2.05) is 24.0 Å². The second-order valence-electron chi connectivity index (χ2n) is 4.68. The molecule has 0 radical (unpaired) electrons. The van der Waals surface area contributed by atoms with E-state index in [2.05, 4.69) is 37.1 Å². The van der Waals surface area contributed by atoms with Gasteiger partial charge in [0.2, 0.25) is 0 Å². The zero-order valence-corrected chi connectivity index (χ0v) is 10.6. The molecule has 1 heterocycles. The topological polar surface area (TPSA) is 43.8 Å². The van der Waals surface area contributed by atoms with Crippen LogP contribution in [0.25, 0.3) is 0 Å². The van der Waals surface area contributed by atoms with Gasteiger partial charge in [-0.25, -0.2) is 0 Å². The van der Waals surface area contributed by atoms with Crippen LogP contribution in [0.1, 0.15) is 35.2 Å². The number of rotatable bonds is 3. The van der Waals surface area contributed by atoms with Crippen molar-refractivity contribution in [3.05, 3.63) is 52.8 Å². The van der Waals surface area contributed by atoms with E-state index in [-0.39, 0.29) is 6.04 Å². The van der Waals surface area contributed by atoms with Crippen molar-refractivity contribution in [2.24, 2.45) is 5.73 Å². The van der Waals surface area contributed by atoms with Crippen LogP contribution in [0.2, 0.25) is 0 Å². The molecule has 17 heavy (non-hydrogen) atoms. The summed E-state index contributed by atoms with van der Waals surface area (Å²) in [5.74, 6) is 0. The minimum atomic E-state index is 0.0449. The van der Waals surface area contributed by atoms with Crippen molar-refractivity contribution in [3.8, 4) is 0 Å². The third-order valence-corrected chi connectivity index (χ3v) is 3.09. The first-order valence-corrected chi connectivity index (χ1v) is 5.90. The lowest BCUT2D eigenvalue weighted by Gasteiger charge is -2.05. The summed E-state index contributed by atoms with van der Waals surface area (Å²) in [4.78, 5) is 0. The maximum Gasteiger partial charge on any atom is 0.0659 e. The fourth-order valence-electron chi connectivity index (χ4n) is 1.79. The van der Waals surface area contributed by atoms with Gasteiger partial charge in [-0.1, -0.05) is 18.2 Å². The highest BCUT2D eigenvalue weighted by atomic mass is 15.3. The molecule has 0 spiro atoms. The largest absolute Gasteiger partial charge is 0.324 e. The Morgan fingerprint density at radius 3 is 2.65 bits per heavy atom. The Morgan fingerprint density at radius 2 is 2.06 bits per heavy atom. The number of aryl methyl sites for hydroxylation is 2. The second kappa shape index (κ2) is 4.72. The van der Waals surface area contributed by atoms with Gasteiger partial charge in [-0.05, 0) is 37.5 Å². The van der Waals surface area contributed by atoms with Gasteiger partial charge in [0.05, 0.1) is 12.7 Å². The van der Waals surface area contributed by atoms with Gasteiger partial charge in [0, 0.05) is 17.8 Å². The Hall–Kier alpha value is -1.61. The van der Waals surface area contributed by atoms with Crippen molar-refractivity contribution in [2.45, 2.75) is 33.4 Å². The van der Waals surface area contributed by atoms with Crippen molar-refractivity contribution in [3.63, 3.8) is 0 Å². The van der Waals surface area contributed by atoms with Crippen molar-refractivity contribution in [1.29, 1.82) is 0 Å². The second-order valence-corrected chi connectivity index (χ2v) is 4.68. The minimum Gasteiger partial charge on any atom is -0.324 e. The molecule has 90 valence electrons. The number of hydrogen-bond donors (Lipinski definition) is 1. The number of benzene rings is 1. The molecule has 0 aliphatic carbocycles. The summed E-state index contributed by atoms with van der Waals surface area (Å²) in [7, 11) is 0. The molecule has 1 aromatic carbocycles. The van der Waals surface area contributed by atoms with Gasteiger partial charge >= 0.3 is 0 Å². The molecule has 0 amide bonds. The smallest absolute Gasteiger partial charge is 0.0659 e. The fraction of sp³-hybridized carbons (Fsp3) is 0.357. The maximum atomic E-state index is 5.81. The lowest BCUT2D eigenvalue weighted by Crippen LogP contribution is -2.04. The van der Waals surface area contributed by atoms with Crippen molar-refractivity contribution >= 4 is 0 Å². The summed E-state index contributed by atoms with van der Waals surface area (Å²) >= 11 is 0. The van der Waals surface area contributed by atoms with Gasteiger partial charge in [0.1, 0.15) is 0 Å². The molecule has 3 heteroatoms. The molecule has 0 saturated carbocycles. The Bertz CT molecular complexity index is 512. The van der Waals surface area contributed by atoms with Crippen LogP contribution < -0.4 is 5.73 Å². The van der Waals surface area contributed by atoms with E-state index in [4.69, 9.17) is 5.73 Å². The highest BCUT2D eigenvalue weighted by Crippen LogP contribution is 2.12. The molecule has 0 aliphatic rings. The molecule has 2 rings (SSSR count). The van der Waals surface area contributed by atoms with Crippen LogP contribution in [0.3, 0.4) is 0 Å². The van der Waals surface area contributed by atoms with Crippen LogP contribution in [-0.2, 0) is 6.54 Å². The Morgan fingerprint density at radius 1 is 1.29 bits per heavy atom. The first-order chi connectivity index (χ1) is 8.06. The summed E-state index contributed by atoms with van der Waals surface area (Å²) < 4.78 is 1.93. The molecule has 1 aromatic heterocycles. The zero-order chi connectivity index (χ0) is 12.4. The van der Waals surface area contributed by atoms with Crippen LogP contribution in [0, 0.1) is 13.8 Å². The molecule has 0 unspecified atom stereocenters. The molecule has 0 saturated heterocycles. The number of nitrogens with zero attached hydrogens (tertiary/aromatic N) is 2. The van der Waals surface area contributed by atoms with Gasteiger partial charge in [-0.15, -0.1) is 0 Å². The van der Waals surface area contributed by atoms with E-state index in [0.717, 1.165) is 12.1 Å². The van der Waals surface area contributed by atoms with Crippen LogP contribution in [0.15, 0.2) is 30.6 Å². The van der Waals surface area contributed by atoms with E-state index in [0.29, 0.717) is 0 Å². The molecule has 1 atom stereocenters. The van der Waals surface area contributed by atoms with E-state index in [1.54, 1.807) is 0 Å². The average Bonchev–Trinajstić information content (AvgIpc) is 2.72. The first kappa shape index (κ1) is 11.9. The Kier molecular flexibility index (Phi) is 3.29. The van der Waals surface area contributed by atoms with Gasteiger partial charge in [0.25, 0.3) is 0 Å². The summed E-state index contributed by atoms with van der Waals surface area (Å²) in [5, 5.41) is 4.32. The summed E-state index contributed by atoms with van der Waals surface area (Å²) in [6.45, 7) is 7.03. The molecule has 2 aromatic rings. The normalized spacial score (nSPS) is 12.7. The quantitative estimate of drug-likeness (QED) is 0.879. The zero-order valence-electron chi connectivity index (χ0n) is 10.6. The van der Waals surface area contributed by atoms with Crippen LogP contribution >= 0.6 is 0 Å². The molecule has 0 aliphatic heterocycles. The highest BCUT2D eigenvalue weighted by Gasteiger charge is 2.04. The fourth-order valence-corrected chi connectivity index (χ4v) is 1.79. The lowest BCUT2D eigenvalue weighted by molar-refractivity contribution is 0.684. The van der Waals surface area contributed by atoms with E-state index in [1.165, 1.54) is 16.7 Å². The highest BCUT2D eigenvalue weighted by molar-refractivity contribution is 5.30. The van der Waals surface area contributed by atoms with Crippen LogP contribution in [0.4, 0.5) is 0 Å². The minimum absolute atomic E-state index is 0.0449. The number of aromatic nitrogens is 2. The number of nitrogens with two attached hydrogens (primary N) is 1. The van der Waals surface area contributed by atoms with E-state index < -0.39 is 0 Å². The van der Waals surface area contributed by atoms with E-state index >= 15 is 0 Å². The van der Waals surface area contributed by atoms with Crippen molar-refractivity contribution in [2.75, 3.05) is 0 Å². The first-order valence-electron chi connectivity index (χ1n) is 5.90. The van der Waals surface area contributed by atoms with Crippen molar-refractivity contribution in [1.82, 2.24) is 9.78 Å². The Balaban J connectivity index is 2.16. The monoisotopic (exact) mass is 229 g/mol. The summed E-state index contributed by atoms with van der Waals surface area (Å²) in [6.07, 6.45) is 3.85. The molecule has 2 N–H and O–H groups in total. The average molecular weight is 229 g/mol. The lowest BCUT2D eigenvalue weighted by atomic mass is 10.1. The Labute approximate surface area is 102 Å². The van der Waals surface area contributed by atoms with E-state index in [9.17, 15) is 0 Å². The third-order valence-electron chi connectivity index (χ3n) is 3.09. The van der Waals surface area contributed by atoms with Gasteiger partial charge in [-0.2, -0.15) is 5.10 Å². The summed E-state index contributed by atoms with van der Waals surface area (Å²) in [6, 6.07) is 6.56. The molecule has 0 fully saturated rings. The third kappa shape index (κ3) is 2.74. The molecule has 0 bridgehead atoms. The van der Waals surface area contributed by atoms with Crippen LogP contribution in [-0.4, -0.2) is 9.78 Å². The molecular weight excluding hydrogens is 210 g/mol. The van der Waals surface area contributed by atoms with Gasteiger partial charge in [-0.3, -0.25) is 4.68 Å². The summed E-state index contributed by atoms with van der Waals surface area (Å²) in [5.41, 5.74) is 10.8. The predicted molar refractivity (Wildman–Crippen MR) is 69.8 cm³/mol. The van der Waals surface area contributed by atoms with Gasteiger partial charge in [0.15, 0.2) is 0 Å². The van der Waals surface area contributed by atoms with Crippen LogP contribution in [0.5, 0.6) is 0 Å². The predicted octanol–water partition coefficient (Wildman–Crippen LogP) is 2.57. The maximum absolute atomic E-state index is 5.81. The standard InChI is InChI=1S/C14H19N3/c1-10-4-5-13(6-11(10)2)8-17-9-14(7-16-17)12(3)15/h4-7,9,12H,8,15H2,1-3H3/t12-/m1/s1. The number of hydrogen-bond acceptors (Lipinski definition) is 2. The molecule has 3 nitrogen and oxygen atoms in total. The SMILES string of the molecule is Cc1ccc(Cn2cc([C@@H](C)N)cn2)cc1C. The van der Waals surface area contributed by atoms with Crippen molar-refractivity contribution < 1.29 is 0 Å².